The molecule has 0 spiro atoms. The quantitative estimate of drug-likeness (QED) is 0.836. The van der Waals surface area contributed by atoms with Crippen LogP contribution in [0.15, 0.2) is 0 Å². The van der Waals surface area contributed by atoms with Gasteiger partial charge in [0.05, 0.1) is 5.69 Å². The van der Waals surface area contributed by atoms with Crippen LogP contribution in [0.2, 0.25) is 0 Å². The Kier molecular flexibility index (Phi) is 4.45. The summed E-state index contributed by atoms with van der Waals surface area (Å²) >= 11 is 7.70. The number of aromatic nitrogens is 4. The second-order valence-electron chi connectivity index (χ2n) is 5.86. The van der Waals surface area contributed by atoms with Gasteiger partial charge in [-0.3, -0.25) is 9.25 Å². The Morgan fingerprint density at radius 3 is 2.90 bits per heavy atom. The van der Waals surface area contributed by atoms with Crippen LogP contribution >= 0.6 is 24.0 Å². The number of aromatic amines is 1. The van der Waals surface area contributed by atoms with Crippen molar-refractivity contribution < 1.29 is 0 Å². The molecule has 0 aliphatic heterocycles. The van der Waals surface area contributed by atoms with E-state index in [2.05, 4.69) is 40.3 Å². The third kappa shape index (κ3) is 2.68. The van der Waals surface area contributed by atoms with Crippen LogP contribution in [0.3, 0.4) is 0 Å². The monoisotopic (exact) mass is 324 g/mol. The van der Waals surface area contributed by atoms with Gasteiger partial charge < -0.3 is 4.98 Å². The molecule has 3 rings (SSSR count). The van der Waals surface area contributed by atoms with Gasteiger partial charge in [-0.1, -0.05) is 20.3 Å². The second kappa shape index (κ2) is 6.16. The average molecular weight is 325 g/mol. The lowest BCUT2D eigenvalue weighted by atomic mass is 10.2. The van der Waals surface area contributed by atoms with Crippen LogP contribution in [0.25, 0.3) is 11.2 Å². The molecule has 2 atom stereocenters. The topological polar surface area (TPSA) is 38.5 Å². The molecule has 21 heavy (non-hydrogen) atoms. The highest BCUT2D eigenvalue weighted by Gasteiger charge is 2.29. The zero-order valence-electron chi connectivity index (χ0n) is 13.1. The summed E-state index contributed by atoms with van der Waals surface area (Å²) < 4.78 is 5.20. The van der Waals surface area contributed by atoms with Gasteiger partial charge in [0.2, 0.25) is 0 Å². The van der Waals surface area contributed by atoms with Crippen LogP contribution in [0.1, 0.15) is 51.3 Å². The fourth-order valence-electron chi connectivity index (χ4n) is 3.53. The van der Waals surface area contributed by atoms with Crippen molar-refractivity contribution in [2.24, 2.45) is 7.05 Å². The lowest BCUT2D eigenvalue weighted by Gasteiger charge is -2.13. The first-order chi connectivity index (χ1) is 10.2. The molecular weight excluding hydrogens is 300 g/mol. The van der Waals surface area contributed by atoms with Crippen LogP contribution in [0.5, 0.6) is 0 Å². The van der Waals surface area contributed by atoms with Gasteiger partial charge in [0.25, 0.3) is 0 Å². The molecule has 4 nitrogen and oxygen atoms in total. The first-order valence-electron chi connectivity index (χ1n) is 7.93. The Balaban J connectivity index is 1.99. The van der Waals surface area contributed by atoms with E-state index < -0.39 is 0 Å². The van der Waals surface area contributed by atoms with E-state index in [9.17, 15) is 0 Å². The summed E-state index contributed by atoms with van der Waals surface area (Å²) in [6, 6.07) is 0.528. The fourth-order valence-corrected chi connectivity index (χ4v) is 5.00. The number of imidazole rings is 1. The van der Waals surface area contributed by atoms with Crippen molar-refractivity contribution in [3.8, 4) is 0 Å². The smallest absolute Gasteiger partial charge is 0.179 e. The molecule has 2 aromatic rings. The van der Waals surface area contributed by atoms with Crippen molar-refractivity contribution in [1.29, 1.82) is 0 Å². The van der Waals surface area contributed by atoms with Gasteiger partial charge in [-0.2, -0.15) is 16.9 Å². The summed E-state index contributed by atoms with van der Waals surface area (Å²) in [6.45, 7) is 4.44. The molecule has 2 heterocycles. The van der Waals surface area contributed by atoms with Crippen LogP contribution < -0.4 is 0 Å². The van der Waals surface area contributed by atoms with Crippen molar-refractivity contribution in [3.63, 3.8) is 0 Å². The SMILES string of the molecule is CCCc1nn(C)c2c1[nH]c(=S)n2C1CCC(SCC)C1. The van der Waals surface area contributed by atoms with Gasteiger partial charge in [-0.05, 0) is 43.7 Å². The van der Waals surface area contributed by atoms with Crippen LogP contribution in [0, 0.1) is 4.77 Å². The second-order valence-corrected chi connectivity index (χ2v) is 7.83. The summed E-state index contributed by atoms with van der Waals surface area (Å²) in [5.41, 5.74) is 3.48. The van der Waals surface area contributed by atoms with Gasteiger partial charge in [0.15, 0.2) is 10.4 Å². The van der Waals surface area contributed by atoms with E-state index in [0.29, 0.717) is 6.04 Å². The maximum atomic E-state index is 5.61. The first kappa shape index (κ1) is 15.2. The zero-order chi connectivity index (χ0) is 15.0. The number of nitrogens with one attached hydrogen (secondary N) is 1. The number of H-pyrrole nitrogens is 1. The number of rotatable bonds is 5. The summed E-state index contributed by atoms with van der Waals surface area (Å²) in [4.78, 5) is 3.41. The van der Waals surface area contributed by atoms with Crippen molar-refractivity contribution in [2.75, 3.05) is 5.75 Å². The molecule has 0 radical (unpaired) electrons. The molecule has 2 aromatic heterocycles. The molecule has 1 fully saturated rings. The number of fused-ring (bicyclic) bond motifs is 1. The fraction of sp³-hybridized carbons (Fsp3) is 0.733. The number of aryl methyl sites for hydroxylation is 2. The van der Waals surface area contributed by atoms with Crippen molar-refractivity contribution in [3.05, 3.63) is 10.5 Å². The molecule has 2 unspecified atom stereocenters. The number of hydrogen-bond donors (Lipinski definition) is 1. The van der Waals surface area contributed by atoms with Crippen LogP contribution in [0.4, 0.5) is 0 Å². The molecular formula is C15H24N4S2. The predicted octanol–water partition coefficient (Wildman–Crippen LogP) is 4.23. The lowest BCUT2D eigenvalue weighted by Crippen LogP contribution is -2.09. The Morgan fingerprint density at radius 2 is 2.19 bits per heavy atom. The van der Waals surface area contributed by atoms with E-state index in [1.807, 2.05) is 11.7 Å². The highest BCUT2D eigenvalue weighted by atomic mass is 32.2. The molecule has 1 N–H and O–H groups in total. The largest absolute Gasteiger partial charge is 0.328 e. The Labute approximate surface area is 135 Å². The van der Waals surface area contributed by atoms with Crippen molar-refractivity contribution in [2.45, 2.75) is 57.2 Å². The molecule has 1 aliphatic carbocycles. The molecule has 0 aromatic carbocycles. The third-order valence-corrected chi connectivity index (χ3v) is 5.91. The minimum Gasteiger partial charge on any atom is -0.328 e. The number of nitrogens with zero attached hydrogens (tertiary/aromatic N) is 3. The van der Waals surface area contributed by atoms with Crippen LogP contribution in [-0.4, -0.2) is 30.3 Å². The maximum Gasteiger partial charge on any atom is 0.179 e. The van der Waals surface area contributed by atoms with Gasteiger partial charge in [-0.25, -0.2) is 0 Å². The molecule has 0 saturated heterocycles. The molecule has 6 heteroatoms. The predicted molar refractivity (Wildman–Crippen MR) is 92.7 cm³/mol. The minimum absolute atomic E-state index is 0.528. The maximum absolute atomic E-state index is 5.61. The Hall–Kier alpha value is -0.750. The van der Waals surface area contributed by atoms with E-state index >= 15 is 0 Å². The normalized spacial score (nSPS) is 22.4. The molecule has 0 bridgehead atoms. The van der Waals surface area contributed by atoms with Gasteiger partial charge in [-0.15, -0.1) is 0 Å². The summed E-state index contributed by atoms with van der Waals surface area (Å²) in [5, 5.41) is 5.47. The molecule has 1 aliphatic rings. The van der Waals surface area contributed by atoms with Crippen LogP contribution in [-0.2, 0) is 13.5 Å². The number of thioether (sulfide) groups is 1. The van der Waals surface area contributed by atoms with E-state index in [4.69, 9.17) is 12.2 Å². The Bertz CT molecular complexity index is 682. The molecule has 116 valence electrons. The first-order valence-corrected chi connectivity index (χ1v) is 9.39. The summed E-state index contributed by atoms with van der Waals surface area (Å²) in [5.74, 6) is 1.21. The summed E-state index contributed by atoms with van der Waals surface area (Å²) in [6.07, 6.45) is 5.88. The van der Waals surface area contributed by atoms with Crippen molar-refractivity contribution >= 4 is 35.1 Å². The molecule has 1 saturated carbocycles. The lowest BCUT2D eigenvalue weighted by molar-refractivity contribution is 0.515. The zero-order valence-corrected chi connectivity index (χ0v) is 14.7. The minimum atomic E-state index is 0.528. The third-order valence-electron chi connectivity index (χ3n) is 4.38. The highest BCUT2D eigenvalue weighted by Crippen LogP contribution is 2.38. The average Bonchev–Trinajstić information content (AvgIpc) is 3.09. The number of hydrogen-bond acceptors (Lipinski definition) is 3. The standard InChI is InChI=1S/C15H24N4S2/c1-4-6-12-13-14(18(3)17-12)19(15(20)16-13)10-7-8-11(9-10)21-5-2/h10-11H,4-9H2,1-3H3,(H,16,20). The Morgan fingerprint density at radius 1 is 1.38 bits per heavy atom. The van der Waals surface area contributed by atoms with Gasteiger partial charge in [0.1, 0.15) is 5.52 Å². The van der Waals surface area contributed by atoms with E-state index in [1.54, 1.807) is 0 Å². The summed E-state index contributed by atoms with van der Waals surface area (Å²) in [7, 11) is 2.04. The van der Waals surface area contributed by atoms with Crippen molar-refractivity contribution in [1.82, 2.24) is 19.3 Å². The van der Waals surface area contributed by atoms with E-state index in [-0.39, 0.29) is 0 Å². The molecule has 0 amide bonds. The van der Waals surface area contributed by atoms with Gasteiger partial charge >= 0.3 is 0 Å². The van der Waals surface area contributed by atoms with Gasteiger partial charge in [0, 0.05) is 18.3 Å². The van der Waals surface area contributed by atoms with E-state index in [1.165, 1.54) is 30.7 Å². The van der Waals surface area contributed by atoms with E-state index in [0.717, 1.165) is 34.1 Å². The highest BCUT2D eigenvalue weighted by molar-refractivity contribution is 7.99.